The Morgan fingerprint density at radius 3 is 2.44 bits per heavy atom. The molecule has 1 rings (SSSR count). The number of nitrogens with zero attached hydrogens (tertiary/aromatic N) is 1. The van der Waals surface area contributed by atoms with E-state index < -0.39 is 18.1 Å². The van der Waals surface area contributed by atoms with Crippen LogP contribution in [0.3, 0.4) is 0 Å². The van der Waals surface area contributed by atoms with Gasteiger partial charge in [-0.2, -0.15) is 18.4 Å². The molecule has 0 aromatic rings. The second-order valence-corrected chi connectivity index (χ2v) is 3.36. The first-order chi connectivity index (χ1) is 6.95. The van der Waals surface area contributed by atoms with Crippen molar-refractivity contribution in [2.45, 2.75) is 18.6 Å². The summed E-state index contributed by atoms with van der Waals surface area (Å²) in [5, 5.41) is 13.1. The van der Waals surface area contributed by atoms with Crippen LogP contribution in [0.5, 0.6) is 0 Å². The SMILES string of the molecule is Cl.N#CCC(NC(=O)C(F)(F)F)C1CNC1. The van der Waals surface area contributed by atoms with Gasteiger partial charge in [0, 0.05) is 25.0 Å². The average molecular weight is 258 g/mol. The number of carbonyl (C=O) groups is 1. The molecule has 0 spiro atoms. The summed E-state index contributed by atoms with van der Waals surface area (Å²) in [6.07, 6.45) is -4.99. The number of hydrogen-bond donors (Lipinski definition) is 2. The van der Waals surface area contributed by atoms with Crippen molar-refractivity contribution in [3.63, 3.8) is 0 Å². The van der Waals surface area contributed by atoms with E-state index in [9.17, 15) is 18.0 Å². The molecule has 2 N–H and O–H groups in total. The minimum absolute atomic E-state index is 0. The highest BCUT2D eigenvalue weighted by Gasteiger charge is 2.41. The third-order valence-corrected chi connectivity index (χ3v) is 2.27. The number of hydrogen-bond acceptors (Lipinski definition) is 3. The van der Waals surface area contributed by atoms with Crippen LogP contribution in [0.4, 0.5) is 13.2 Å². The highest BCUT2D eigenvalue weighted by atomic mass is 35.5. The van der Waals surface area contributed by atoms with Crippen LogP contribution in [0.2, 0.25) is 0 Å². The summed E-state index contributed by atoms with van der Waals surface area (Å²) < 4.78 is 35.8. The van der Waals surface area contributed by atoms with Gasteiger partial charge in [-0.1, -0.05) is 0 Å². The fraction of sp³-hybridized carbons (Fsp3) is 0.750. The van der Waals surface area contributed by atoms with Crippen LogP contribution in [0.1, 0.15) is 6.42 Å². The first-order valence-corrected chi connectivity index (χ1v) is 4.40. The molecule has 0 radical (unpaired) electrons. The van der Waals surface area contributed by atoms with Gasteiger partial charge < -0.3 is 10.6 Å². The average Bonchev–Trinajstić information content (AvgIpc) is 1.99. The summed E-state index contributed by atoms with van der Waals surface area (Å²) in [6, 6.07) is 1.05. The van der Waals surface area contributed by atoms with Crippen LogP contribution in [-0.4, -0.2) is 31.2 Å². The second-order valence-electron chi connectivity index (χ2n) is 3.36. The molecule has 16 heavy (non-hydrogen) atoms. The third kappa shape index (κ3) is 3.87. The molecule has 1 unspecified atom stereocenters. The summed E-state index contributed by atoms with van der Waals surface area (Å²) in [5.41, 5.74) is 0. The van der Waals surface area contributed by atoms with Gasteiger partial charge in [0.1, 0.15) is 0 Å². The molecule has 0 saturated carbocycles. The molecule has 4 nitrogen and oxygen atoms in total. The lowest BCUT2D eigenvalue weighted by atomic mass is 9.92. The Morgan fingerprint density at radius 1 is 1.56 bits per heavy atom. The Morgan fingerprint density at radius 2 is 2.12 bits per heavy atom. The topological polar surface area (TPSA) is 64.9 Å². The van der Waals surface area contributed by atoms with Crippen LogP contribution < -0.4 is 10.6 Å². The molecule has 1 saturated heterocycles. The van der Waals surface area contributed by atoms with E-state index in [1.54, 1.807) is 6.07 Å². The summed E-state index contributed by atoms with van der Waals surface area (Å²) >= 11 is 0. The van der Waals surface area contributed by atoms with Crippen LogP contribution in [0, 0.1) is 17.2 Å². The molecular formula is C8H11ClF3N3O. The number of alkyl halides is 3. The largest absolute Gasteiger partial charge is 0.471 e. The van der Waals surface area contributed by atoms with Crippen molar-refractivity contribution in [1.82, 2.24) is 10.6 Å². The molecule has 0 aliphatic carbocycles. The van der Waals surface area contributed by atoms with Crippen molar-refractivity contribution in [3.8, 4) is 6.07 Å². The molecule has 0 aromatic carbocycles. The summed E-state index contributed by atoms with van der Waals surface area (Å²) in [4.78, 5) is 10.6. The van der Waals surface area contributed by atoms with Crippen LogP contribution in [0.15, 0.2) is 0 Å². The maximum Gasteiger partial charge on any atom is 0.471 e. The maximum absolute atomic E-state index is 11.9. The highest BCUT2D eigenvalue weighted by molar-refractivity contribution is 5.85. The third-order valence-electron chi connectivity index (χ3n) is 2.27. The number of nitrogens with one attached hydrogen (secondary N) is 2. The van der Waals surface area contributed by atoms with E-state index >= 15 is 0 Å². The zero-order valence-corrected chi connectivity index (χ0v) is 8.99. The van der Waals surface area contributed by atoms with E-state index in [0.717, 1.165) is 0 Å². The van der Waals surface area contributed by atoms with Gasteiger partial charge in [0.15, 0.2) is 0 Å². The van der Waals surface area contributed by atoms with Crippen molar-refractivity contribution in [3.05, 3.63) is 0 Å². The predicted octanol–water partition coefficient (Wildman–Crippen LogP) is 0.588. The van der Waals surface area contributed by atoms with E-state index in [1.807, 2.05) is 5.32 Å². The van der Waals surface area contributed by atoms with Gasteiger partial charge >= 0.3 is 12.1 Å². The van der Waals surface area contributed by atoms with Crippen molar-refractivity contribution in [1.29, 1.82) is 5.26 Å². The first-order valence-electron chi connectivity index (χ1n) is 4.40. The summed E-state index contributed by atoms with van der Waals surface area (Å²) in [7, 11) is 0. The van der Waals surface area contributed by atoms with Gasteiger partial charge in [0.25, 0.3) is 0 Å². The molecule has 1 heterocycles. The van der Waals surface area contributed by atoms with E-state index in [2.05, 4.69) is 5.32 Å². The Kier molecular flexibility index (Phi) is 5.55. The van der Waals surface area contributed by atoms with Crippen LogP contribution in [-0.2, 0) is 4.79 Å². The van der Waals surface area contributed by atoms with Gasteiger partial charge in [-0.25, -0.2) is 0 Å². The van der Waals surface area contributed by atoms with Gasteiger partial charge in [-0.15, -0.1) is 12.4 Å². The number of nitriles is 1. The second kappa shape index (κ2) is 5.92. The van der Waals surface area contributed by atoms with E-state index in [4.69, 9.17) is 5.26 Å². The molecule has 1 aliphatic rings. The van der Waals surface area contributed by atoms with Crippen LogP contribution >= 0.6 is 12.4 Å². The lowest BCUT2D eigenvalue weighted by Crippen LogP contribution is -2.56. The quantitative estimate of drug-likeness (QED) is 0.778. The Labute approximate surface area is 96.6 Å². The van der Waals surface area contributed by atoms with Gasteiger partial charge in [0.05, 0.1) is 12.5 Å². The van der Waals surface area contributed by atoms with Crippen molar-refractivity contribution < 1.29 is 18.0 Å². The number of rotatable bonds is 3. The number of halogens is 4. The molecule has 0 bridgehead atoms. The molecule has 92 valence electrons. The van der Waals surface area contributed by atoms with E-state index in [0.29, 0.717) is 13.1 Å². The fourth-order valence-corrected chi connectivity index (χ4v) is 1.28. The van der Waals surface area contributed by atoms with E-state index in [-0.39, 0.29) is 24.7 Å². The fourth-order valence-electron chi connectivity index (χ4n) is 1.28. The molecule has 1 aliphatic heterocycles. The smallest absolute Gasteiger partial charge is 0.344 e. The number of amides is 1. The van der Waals surface area contributed by atoms with Gasteiger partial charge in [-0.05, 0) is 0 Å². The molecule has 1 fully saturated rings. The molecular weight excluding hydrogens is 247 g/mol. The lowest BCUT2D eigenvalue weighted by molar-refractivity contribution is -0.174. The van der Waals surface area contributed by atoms with Gasteiger partial charge in [0.2, 0.25) is 0 Å². The van der Waals surface area contributed by atoms with Crippen molar-refractivity contribution >= 4 is 18.3 Å². The molecule has 1 amide bonds. The summed E-state index contributed by atoms with van der Waals surface area (Å²) in [5.74, 6) is -2.06. The van der Waals surface area contributed by atoms with Crippen LogP contribution in [0.25, 0.3) is 0 Å². The maximum atomic E-state index is 11.9. The molecule has 8 heteroatoms. The standard InChI is InChI=1S/C8H10F3N3O.ClH/c9-8(10,11)7(15)14-6(1-2-12)5-3-13-4-5;/h5-6,13H,1,3-4H2,(H,14,15);1H. The zero-order chi connectivity index (χ0) is 11.5. The molecule has 0 aromatic heterocycles. The van der Waals surface area contributed by atoms with E-state index in [1.165, 1.54) is 0 Å². The minimum Gasteiger partial charge on any atom is -0.344 e. The van der Waals surface area contributed by atoms with Crippen molar-refractivity contribution in [2.24, 2.45) is 5.92 Å². The zero-order valence-electron chi connectivity index (χ0n) is 8.17. The first kappa shape index (κ1) is 15.0. The lowest BCUT2D eigenvalue weighted by Gasteiger charge is -2.34. The summed E-state index contributed by atoms with van der Waals surface area (Å²) in [6.45, 7) is 1.06. The predicted molar refractivity (Wildman–Crippen MR) is 51.8 cm³/mol. The highest BCUT2D eigenvalue weighted by Crippen LogP contribution is 2.18. The Hall–Kier alpha value is -1.00. The van der Waals surface area contributed by atoms with Gasteiger partial charge in [-0.3, -0.25) is 4.79 Å². The minimum atomic E-state index is -4.88. The monoisotopic (exact) mass is 257 g/mol. The number of carbonyl (C=O) groups excluding carboxylic acids is 1. The Bertz CT molecular complexity index is 285. The van der Waals surface area contributed by atoms with Crippen molar-refractivity contribution in [2.75, 3.05) is 13.1 Å². The Balaban J connectivity index is 0.00000225. The molecule has 1 atom stereocenters. The normalized spacial score (nSPS) is 17.6.